The molecule has 2 heterocycles. The van der Waals surface area contributed by atoms with E-state index in [0.717, 1.165) is 38.5 Å². The van der Waals surface area contributed by atoms with Crippen LogP contribution in [0.15, 0.2) is 11.0 Å². The van der Waals surface area contributed by atoms with Crippen LogP contribution in [0.5, 0.6) is 0 Å². The van der Waals surface area contributed by atoms with Gasteiger partial charge in [-0.2, -0.15) is 5.10 Å². The minimum atomic E-state index is -0.439. The fraction of sp³-hybridized carbons (Fsp3) is 0.684. The number of carbonyl (C=O) groups is 2. The SMILES string of the molecule is O=C(NC1CC1)NC1CCC(NC(=O)O[C@@H]2CCN(c3cn[nH]c(=O)c3Cl)C2)CC1. The number of carbonyl (C=O) groups excluding carboxylic acids is 2. The molecule has 1 atom stereocenters. The average Bonchev–Trinajstić information content (AvgIpc) is 3.41. The zero-order valence-electron chi connectivity index (χ0n) is 16.7. The molecule has 2 aliphatic carbocycles. The van der Waals surface area contributed by atoms with E-state index in [4.69, 9.17) is 16.3 Å². The maximum absolute atomic E-state index is 12.3. The topological polar surface area (TPSA) is 128 Å². The Bertz CT molecular complexity index is 837. The number of amides is 3. The van der Waals surface area contributed by atoms with Gasteiger partial charge in [-0.25, -0.2) is 14.7 Å². The van der Waals surface area contributed by atoms with E-state index < -0.39 is 11.7 Å². The van der Waals surface area contributed by atoms with E-state index in [0.29, 0.717) is 31.2 Å². The Labute approximate surface area is 179 Å². The van der Waals surface area contributed by atoms with Gasteiger partial charge >= 0.3 is 12.1 Å². The molecule has 4 rings (SSSR count). The van der Waals surface area contributed by atoms with Crippen molar-refractivity contribution in [3.63, 3.8) is 0 Å². The van der Waals surface area contributed by atoms with Crippen molar-refractivity contribution < 1.29 is 14.3 Å². The molecular weight excluding hydrogens is 412 g/mol. The maximum Gasteiger partial charge on any atom is 0.407 e. The Balaban J connectivity index is 1.17. The molecule has 10 nitrogen and oxygen atoms in total. The van der Waals surface area contributed by atoms with Gasteiger partial charge in [-0.05, 0) is 38.5 Å². The second-order valence-electron chi connectivity index (χ2n) is 8.25. The molecule has 1 aliphatic heterocycles. The van der Waals surface area contributed by atoms with Gasteiger partial charge in [-0.3, -0.25) is 4.79 Å². The molecule has 1 saturated heterocycles. The smallest absolute Gasteiger partial charge is 0.407 e. The van der Waals surface area contributed by atoms with Crippen LogP contribution in [-0.4, -0.2) is 59.6 Å². The van der Waals surface area contributed by atoms with E-state index in [1.807, 2.05) is 4.90 Å². The van der Waals surface area contributed by atoms with Crippen molar-refractivity contribution in [1.82, 2.24) is 26.1 Å². The van der Waals surface area contributed by atoms with Crippen molar-refractivity contribution in [3.05, 3.63) is 21.6 Å². The van der Waals surface area contributed by atoms with Crippen molar-refractivity contribution in [3.8, 4) is 0 Å². The Kier molecular flexibility index (Phi) is 6.31. The van der Waals surface area contributed by atoms with Gasteiger partial charge in [0, 0.05) is 31.1 Å². The van der Waals surface area contributed by atoms with Gasteiger partial charge in [0.15, 0.2) is 0 Å². The molecule has 30 heavy (non-hydrogen) atoms. The zero-order chi connectivity index (χ0) is 21.1. The standard InChI is InChI=1S/C19H27ClN6O4/c20-16-15(9-21-25-17(16)27)26-8-7-14(10-26)30-19(29)24-13-5-3-12(4-6-13)23-18(28)22-11-1-2-11/h9,11-14H,1-8,10H2,(H,24,29)(H,25,27)(H2,22,23,28)/t12?,13?,14-/m1/s1. The second-order valence-corrected chi connectivity index (χ2v) is 8.62. The van der Waals surface area contributed by atoms with E-state index >= 15 is 0 Å². The molecular formula is C19H27ClN6O4. The number of ether oxygens (including phenoxy) is 1. The fourth-order valence-corrected chi connectivity index (χ4v) is 4.22. The number of hydrogen-bond donors (Lipinski definition) is 4. The summed E-state index contributed by atoms with van der Waals surface area (Å²) >= 11 is 6.05. The van der Waals surface area contributed by atoms with Gasteiger partial charge in [0.05, 0.1) is 18.4 Å². The summed E-state index contributed by atoms with van der Waals surface area (Å²) in [7, 11) is 0. The highest BCUT2D eigenvalue weighted by molar-refractivity contribution is 6.33. The lowest BCUT2D eigenvalue weighted by Gasteiger charge is -2.29. The minimum Gasteiger partial charge on any atom is -0.444 e. The monoisotopic (exact) mass is 438 g/mol. The van der Waals surface area contributed by atoms with Crippen molar-refractivity contribution >= 4 is 29.4 Å². The lowest BCUT2D eigenvalue weighted by atomic mass is 9.91. The number of aromatic nitrogens is 2. The number of anilines is 1. The predicted molar refractivity (Wildman–Crippen MR) is 111 cm³/mol. The molecule has 164 valence electrons. The molecule has 0 aromatic carbocycles. The molecule has 0 unspecified atom stereocenters. The normalized spacial score (nSPS) is 26.2. The van der Waals surface area contributed by atoms with E-state index in [-0.39, 0.29) is 29.2 Å². The molecule has 3 fully saturated rings. The van der Waals surface area contributed by atoms with Crippen LogP contribution in [0, 0.1) is 0 Å². The summed E-state index contributed by atoms with van der Waals surface area (Å²) in [6, 6.07) is 0.452. The molecule has 1 aromatic rings. The summed E-state index contributed by atoms with van der Waals surface area (Å²) in [5.41, 5.74) is 0.106. The van der Waals surface area contributed by atoms with Gasteiger partial charge in [0.1, 0.15) is 11.1 Å². The van der Waals surface area contributed by atoms with E-state index in [1.165, 1.54) is 6.20 Å². The first-order chi connectivity index (χ1) is 14.5. The number of hydrogen-bond acceptors (Lipinski definition) is 6. The summed E-state index contributed by atoms with van der Waals surface area (Å²) in [4.78, 5) is 37.6. The molecule has 0 radical (unpaired) electrons. The third kappa shape index (κ3) is 5.35. The van der Waals surface area contributed by atoms with Gasteiger partial charge in [-0.1, -0.05) is 11.6 Å². The van der Waals surface area contributed by atoms with Gasteiger partial charge in [0.25, 0.3) is 5.56 Å². The van der Waals surface area contributed by atoms with E-state index in [9.17, 15) is 14.4 Å². The summed E-state index contributed by atoms with van der Waals surface area (Å²) in [6.45, 7) is 1.09. The average molecular weight is 439 g/mol. The predicted octanol–water partition coefficient (Wildman–Crippen LogP) is 1.50. The number of rotatable bonds is 5. The summed E-state index contributed by atoms with van der Waals surface area (Å²) in [5, 5.41) is 15.0. The highest BCUT2D eigenvalue weighted by Crippen LogP contribution is 2.26. The minimum absolute atomic E-state index is 0.0471. The first-order valence-electron chi connectivity index (χ1n) is 10.5. The van der Waals surface area contributed by atoms with E-state index in [2.05, 4.69) is 26.1 Å². The number of urea groups is 1. The van der Waals surface area contributed by atoms with Crippen LogP contribution >= 0.6 is 11.6 Å². The fourth-order valence-electron chi connectivity index (χ4n) is 4.01. The Hall–Kier alpha value is -2.49. The van der Waals surface area contributed by atoms with Crippen LogP contribution in [0.2, 0.25) is 5.02 Å². The Morgan fingerprint density at radius 3 is 2.27 bits per heavy atom. The number of H-pyrrole nitrogens is 1. The highest BCUT2D eigenvalue weighted by atomic mass is 35.5. The van der Waals surface area contributed by atoms with Crippen LogP contribution in [0.4, 0.5) is 15.3 Å². The third-order valence-corrected chi connectivity index (χ3v) is 6.20. The second kappa shape index (κ2) is 9.11. The number of aromatic amines is 1. The zero-order valence-corrected chi connectivity index (χ0v) is 17.4. The Morgan fingerprint density at radius 1 is 1.03 bits per heavy atom. The third-order valence-electron chi connectivity index (χ3n) is 5.83. The molecule has 0 spiro atoms. The van der Waals surface area contributed by atoms with Crippen LogP contribution in [0.25, 0.3) is 0 Å². The molecule has 4 N–H and O–H groups in total. The van der Waals surface area contributed by atoms with Gasteiger partial charge < -0.3 is 25.6 Å². The van der Waals surface area contributed by atoms with Crippen LogP contribution < -0.4 is 26.4 Å². The van der Waals surface area contributed by atoms with Crippen molar-refractivity contribution in [2.24, 2.45) is 0 Å². The number of nitrogens with one attached hydrogen (secondary N) is 4. The maximum atomic E-state index is 12.3. The molecule has 1 aromatic heterocycles. The molecule has 11 heteroatoms. The van der Waals surface area contributed by atoms with E-state index in [1.54, 1.807) is 0 Å². The first kappa shape index (κ1) is 20.8. The number of halogens is 1. The number of alkyl carbamates (subject to hydrolysis) is 1. The lowest BCUT2D eigenvalue weighted by Crippen LogP contribution is -2.47. The largest absolute Gasteiger partial charge is 0.444 e. The lowest BCUT2D eigenvalue weighted by molar-refractivity contribution is 0.102. The van der Waals surface area contributed by atoms with Gasteiger partial charge in [0.2, 0.25) is 0 Å². The van der Waals surface area contributed by atoms with Crippen molar-refractivity contribution in [1.29, 1.82) is 0 Å². The molecule has 0 bridgehead atoms. The summed E-state index contributed by atoms with van der Waals surface area (Å²) < 4.78 is 5.56. The number of nitrogens with zero attached hydrogens (tertiary/aromatic N) is 2. The molecule has 2 saturated carbocycles. The summed E-state index contributed by atoms with van der Waals surface area (Å²) in [5.74, 6) is 0. The quantitative estimate of drug-likeness (QED) is 0.551. The van der Waals surface area contributed by atoms with Crippen LogP contribution in [0.1, 0.15) is 44.9 Å². The summed E-state index contributed by atoms with van der Waals surface area (Å²) in [6.07, 6.45) is 6.85. The highest BCUT2D eigenvalue weighted by Gasteiger charge is 2.30. The first-order valence-corrected chi connectivity index (χ1v) is 10.9. The van der Waals surface area contributed by atoms with Crippen LogP contribution in [-0.2, 0) is 4.74 Å². The van der Waals surface area contributed by atoms with Gasteiger partial charge in [-0.15, -0.1) is 0 Å². The van der Waals surface area contributed by atoms with Crippen molar-refractivity contribution in [2.75, 3.05) is 18.0 Å². The van der Waals surface area contributed by atoms with Crippen LogP contribution in [0.3, 0.4) is 0 Å². The van der Waals surface area contributed by atoms with Crippen molar-refractivity contribution in [2.45, 2.75) is 69.2 Å². The molecule has 3 aliphatic rings. The molecule has 3 amide bonds. The Morgan fingerprint density at radius 2 is 1.63 bits per heavy atom.